The van der Waals surface area contributed by atoms with E-state index in [0.717, 1.165) is 47.9 Å². The zero-order valence-corrected chi connectivity index (χ0v) is 30.8. The number of aliphatic carboxylic acids is 1. The SMILES string of the molecule is CC(=O)Oc1ccc(C(=O)ON=C(C(=O)N[C@@H]2C(=O)N3C(C(=O)O)=C(CSc4cc(C)nc5nc(C(=O)O)nn45)CS[C@H]23)c2csc(N)n2)cc1OC(C)=O. The predicted molar refractivity (Wildman–Crippen MR) is 190 cm³/mol. The molecule has 5 N–H and O–H groups in total. The van der Waals surface area contributed by atoms with Crippen molar-refractivity contribution in [3.8, 4) is 11.5 Å². The van der Waals surface area contributed by atoms with Crippen LogP contribution in [0.4, 0.5) is 5.13 Å². The van der Waals surface area contributed by atoms with Crippen LogP contribution < -0.4 is 20.5 Å². The lowest BCUT2D eigenvalue weighted by atomic mass is 10.0. The molecule has 55 heavy (non-hydrogen) atoms. The topological polar surface area (TPSA) is 297 Å². The largest absolute Gasteiger partial charge is 0.477 e. The number of esters is 2. The monoisotopic (exact) mass is 811 g/mol. The standard InChI is InChI=1S/C31H25N9O12S3/c1-11-6-19(40-31(33-11)36-23(37-40)28(47)48)53-8-15-9-54-26-21(25(44)39(26)22(15)27(45)46)35-24(43)20(16-10-55-30(32)34-16)38-52-29(49)14-4-5-17(50-12(2)41)18(7-14)51-13(3)42/h4-7,10,21,26H,8-9H2,1-3H3,(H2,32,34)(H,35,43)(H,45,46)(H,47,48)/t21-,26-/m1/s1. The van der Waals surface area contributed by atoms with Crippen molar-refractivity contribution in [2.24, 2.45) is 5.16 Å². The summed E-state index contributed by atoms with van der Waals surface area (Å²) in [6.45, 7) is 3.89. The number of aryl methyl sites for hydroxylation is 1. The number of carboxylic acid groups (broad SMARTS) is 2. The first-order chi connectivity index (χ1) is 26.1. The normalized spacial score (nSPS) is 16.6. The number of thioether (sulfide) groups is 2. The van der Waals surface area contributed by atoms with Crippen molar-refractivity contribution in [2.75, 3.05) is 17.2 Å². The second-order valence-electron chi connectivity index (χ2n) is 11.3. The molecule has 3 aromatic heterocycles. The van der Waals surface area contributed by atoms with E-state index in [0.29, 0.717) is 16.3 Å². The molecule has 0 saturated carbocycles. The van der Waals surface area contributed by atoms with Crippen LogP contribution in [0.25, 0.3) is 5.78 Å². The Labute approximate surface area is 319 Å². The molecule has 0 aliphatic carbocycles. The molecule has 0 radical (unpaired) electrons. The minimum Gasteiger partial charge on any atom is -0.477 e. The summed E-state index contributed by atoms with van der Waals surface area (Å²) in [4.78, 5) is 105. The highest BCUT2D eigenvalue weighted by Gasteiger charge is 2.54. The first kappa shape index (κ1) is 38.3. The molecule has 24 heteroatoms. The van der Waals surface area contributed by atoms with Gasteiger partial charge in [-0.25, -0.2) is 24.4 Å². The second-order valence-corrected chi connectivity index (χ2v) is 14.3. The molecule has 284 valence electrons. The van der Waals surface area contributed by atoms with Crippen LogP contribution in [0, 0.1) is 6.92 Å². The lowest BCUT2D eigenvalue weighted by molar-refractivity contribution is -0.150. The number of nitrogen functional groups attached to an aromatic ring is 1. The molecular weight excluding hydrogens is 787 g/mol. The van der Waals surface area contributed by atoms with Crippen molar-refractivity contribution < 1.29 is 58.1 Å². The number of nitrogens with two attached hydrogens (primary N) is 1. The van der Waals surface area contributed by atoms with Crippen LogP contribution in [0.5, 0.6) is 11.5 Å². The third-order valence-corrected chi connectivity index (χ3v) is 10.5. The number of nitrogens with zero attached hydrogens (tertiary/aromatic N) is 7. The molecule has 2 aliphatic heterocycles. The Hall–Kier alpha value is -6.40. The fourth-order valence-corrected chi connectivity index (χ4v) is 8.24. The number of aromatic nitrogens is 5. The van der Waals surface area contributed by atoms with Gasteiger partial charge in [-0.1, -0.05) is 5.16 Å². The number of hydrogen-bond donors (Lipinski definition) is 4. The van der Waals surface area contributed by atoms with Gasteiger partial charge in [-0.15, -0.1) is 40.0 Å². The summed E-state index contributed by atoms with van der Waals surface area (Å²) in [5.41, 5.74) is 5.51. The predicted octanol–water partition coefficient (Wildman–Crippen LogP) is 1.11. The molecule has 6 rings (SSSR count). The summed E-state index contributed by atoms with van der Waals surface area (Å²) < 4.78 is 11.3. The fraction of sp³-hybridized carbons (Fsp3) is 0.226. The van der Waals surface area contributed by atoms with E-state index in [2.05, 4.69) is 30.5 Å². The number of aromatic carboxylic acids is 1. The van der Waals surface area contributed by atoms with Crippen molar-refractivity contribution >= 4 is 93.1 Å². The summed E-state index contributed by atoms with van der Waals surface area (Å²) in [5, 5.41) is 30.6. The van der Waals surface area contributed by atoms with Gasteiger partial charge in [0.25, 0.3) is 23.4 Å². The number of thiazole rings is 1. The van der Waals surface area contributed by atoms with Gasteiger partial charge in [-0.3, -0.25) is 24.1 Å². The molecule has 2 atom stereocenters. The maximum atomic E-state index is 13.6. The maximum absolute atomic E-state index is 13.6. The van der Waals surface area contributed by atoms with Gasteiger partial charge in [-0.2, -0.15) is 9.50 Å². The minimum absolute atomic E-state index is 0.0399. The molecule has 0 spiro atoms. The van der Waals surface area contributed by atoms with E-state index in [1.165, 1.54) is 33.8 Å². The molecule has 2 amide bonds. The molecule has 0 unspecified atom stereocenters. The van der Waals surface area contributed by atoms with Crippen molar-refractivity contribution in [3.05, 3.63) is 63.7 Å². The number of ether oxygens (including phenoxy) is 2. The van der Waals surface area contributed by atoms with Crippen LogP contribution in [-0.2, 0) is 28.8 Å². The Morgan fingerprint density at radius 3 is 2.42 bits per heavy atom. The van der Waals surface area contributed by atoms with E-state index in [1.54, 1.807) is 13.0 Å². The number of carbonyl (C=O) groups is 7. The number of hydrogen-bond acceptors (Lipinski definition) is 19. The smallest absolute Gasteiger partial charge is 0.375 e. The van der Waals surface area contributed by atoms with Gasteiger partial charge in [0.2, 0.25) is 0 Å². The van der Waals surface area contributed by atoms with Crippen LogP contribution in [-0.4, -0.2) is 110 Å². The average Bonchev–Trinajstić information content (AvgIpc) is 3.75. The Balaban J connectivity index is 1.19. The van der Waals surface area contributed by atoms with Crippen molar-refractivity contribution in [3.63, 3.8) is 0 Å². The molecule has 21 nitrogen and oxygen atoms in total. The number of anilines is 1. The highest BCUT2D eigenvalue weighted by Crippen LogP contribution is 2.42. The molecule has 1 saturated heterocycles. The number of oxime groups is 1. The minimum atomic E-state index is -1.38. The molecular formula is C31H25N9O12S3. The van der Waals surface area contributed by atoms with E-state index in [-0.39, 0.29) is 50.9 Å². The Morgan fingerprint density at radius 2 is 1.76 bits per heavy atom. The van der Waals surface area contributed by atoms with E-state index in [1.807, 2.05) is 0 Å². The van der Waals surface area contributed by atoms with Gasteiger partial charge >= 0.3 is 29.8 Å². The molecule has 5 heterocycles. The van der Waals surface area contributed by atoms with E-state index in [9.17, 15) is 43.8 Å². The quantitative estimate of drug-likeness (QED) is 0.0228. The lowest BCUT2D eigenvalue weighted by Gasteiger charge is -2.49. The molecule has 0 bridgehead atoms. The van der Waals surface area contributed by atoms with Crippen molar-refractivity contribution in [1.82, 2.24) is 34.8 Å². The zero-order chi connectivity index (χ0) is 39.7. The van der Waals surface area contributed by atoms with Crippen LogP contribution >= 0.6 is 34.9 Å². The summed E-state index contributed by atoms with van der Waals surface area (Å²) in [6, 6.07) is 3.84. The summed E-state index contributed by atoms with van der Waals surface area (Å²) in [5.74, 6) is -7.71. The number of nitrogens with one attached hydrogen (secondary N) is 1. The van der Waals surface area contributed by atoms with Gasteiger partial charge in [0.1, 0.15) is 27.8 Å². The Bertz CT molecular complexity index is 2390. The van der Waals surface area contributed by atoms with Crippen molar-refractivity contribution in [2.45, 2.75) is 37.2 Å². The first-order valence-electron chi connectivity index (χ1n) is 15.4. The number of carboxylic acids is 2. The van der Waals surface area contributed by atoms with Crippen molar-refractivity contribution in [1.29, 1.82) is 0 Å². The van der Waals surface area contributed by atoms with Gasteiger partial charge in [0, 0.05) is 36.4 Å². The molecule has 4 aromatic rings. The molecule has 1 aromatic carbocycles. The third-order valence-electron chi connectivity index (χ3n) is 7.42. The number of rotatable bonds is 12. The van der Waals surface area contributed by atoms with E-state index in [4.69, 9.17) is 20.0 Å². The van der Waals surface area contributed by atoms with Crippen LogP contribution in [0.15, 0.2) is 51.1 Å². The summed E-state index contributed by atoms with van der Waals surface area (Å²) in [7, 11) is 0. The molecule has 1 fully saturated rings. The van der Waals surface area contributed by atoms with Gasteiger partial charge in [0.15, 0.2) is 22.3 Å². The van der Waals surface area contributed by atoms with Gasteiger partial charge in [0.05, 0.1) is 5.56 Å². The maximum Gasteiger partial charge on any atom is 0.375 e. The highest BCUT2D eigenvalue weighted by molar-refractivity contribution is 8.01. The highest BCUT2D eigenvalue weighted by atomic mass is 32.2. The zero-order valence-electron chi connectivity index (χ0n) is 28.4. The number of benzene rings is 1. The Morgan fingerprint density at radius 1 is 1.04 bits per heavy atom. The Kier molecular flexibility index (Phi) is 10.8. The summed E-state index contributed by atoms with van der Waals surface area (Å²) in [6.07, 6.45) is 0. The van der Waals surface area contributed by atoms with Crippen LogP contribution in [0.2, 0.25) is 0 Å². The first-order valence-corrected chi connectivity index (χ1v) is 18.4. The summed E-state index contributed by atoms with van der Waals surface area (Å²) >= 11 is 3.28. The fourth-order valence-electron chi connectivity index (χ4n) is 5.16. The third kappa shape index (κ3) is 8.09. The lowest BCUT2D eigenvalue weighted by Crippen LogP contribution is -2.71. The number of carbonyl (C=O) groups excluding carboxylic acids is 5. The van der Waals surface area contributed by atoms with Gasteiger partial charge < -0.3 is 35.6 Å². The van der Waals surface area contributed by atoms with Gasteiger partial charge in [-0.05, 0) is 36.8 Å². The van der Waals surface area contributed by atoms with Crippen LogP contribution in [0.1, 0.15) is 46.2 Å². The van der Waals surface area contributed by atoms with E-state index >= 15 is 0 Å². The molecule has 2 aliphatic rings. The second kappa shape index (κ2) is 15.5. The average molecular weight is 812 g/mol. The number of fused-ring (bicyclic) bond motifs is 2. The number of β-lactam (4-membered cyclic amide) rings is 1. The number of amides is 2. The van der Waals surface area contributed by atoms with E-state index < -0.39 is 64.6 Å². The van der Waals surface area contributed by atoms with Crippen LogP contribution in [0.3, 0.4) is 0 Å².